The Morgan fingerprint density at radius 1 is 1.11 bits per heavy atom. The van der Waals surface area contributed by atoms with Crippen molar-refractivity contribution in [2.75, 3.05) is 7.11 Å². The van der Waals surface area contributed by atoms with Crippen LogP contribution in [-0.2, 0) is 15.7 Å². The lowest BCUT2D eigenvalue weighted by Gasteiger charge is -2.08. The van der Waals surface area contributed by atoms with Gasteiger partial charge in [0.25, 0.3) is 0 Å². The van der Waals surface area contributed by atoms with Gasteiger partial charge in [-0.1, -0.05) is 36.4 Å². The van der Waals surface area contributed by atoms with Crippen LogP contribution in [-0.4, -0.2) is 18.2 Å². The normalized spacial score (nSPS) is 11.7. The van der Waals surface area contributed by atoms with E-state index >= 15 is 0 Å². The molecule has 0 aliphatic carbocycles. The summed E-state index contributed by atoms with van der Waals surface area (Å²) >= 11 is 0. The molecule has 0 amide bonds. The van der Waals surface area contributed by atoms with E-state index in [0.717, 1.165) is 30.0 Å². The van der Waals surface area contributed by atoms with E-state index in [1.807, 2.05) is 19.1 Å². The highest BCUT2D eigenvalue weighted by atomic mass is 19.4. The van der Waals surface area contributed by atoms with Crippen LogP contribution in [0.5, 0.6) is 0 Å². The van der Waals surface area contributed by atoms with E-state index in [1.54, 1.807) is 12.1 Å². The molecule has 7 heteroatoms. The van der Waals surface area contributed by atoms with E-state index < -0.39 is 23.5 Å². The number of hydrogen-bond donors (Lipinski definition) is 1. The second-order valence-electron chi connectivity index (χ2n) is 5.30. The van der Waals surface area contributed by atoms with E-state index in [4.69, 9.17) is 5.11 Å². The van der Waals surface area contributed by atoms with Gasteiger partial charge in [-0.15, -0.1) is 0 Å². The van der Waals surface area contributed by atoms with Crippen molar-refractivity contribution in [2.24, 2.45) is 0 Å². The Labute approximate surface area is 154 Å². The molecule has 2 rings (SSSR count). The van der Waals surface area contributed by atoms with Gasteiger partial charge >= 0.3 is 12.1 Å². The predicted octanol–water partition coefficient (Wildman–Crippen LogP) is 5.71. The minimum Gasteiger partial charge on any atom is -0.504 e. The fourth-order valence-corrected chi connectivity index (χ4v) is 1.94. The van der Waals surface area contributed by atoms with Gasteiger partial charge in [-0.2, -0.15) is 13.2 Å². The predicted molar refractivity (Wildman–Crippen MR) is 95.4 cm³/mol. The Bertz CT molecular complexity index is 824. The van der Waals surface area contributed by atoms with E-state index in [1.165, 1.54) is 25.3 Å². The Balaban J connectivity index is 0.000000445. The molecule has 0 atom stereocenters. The van der Waals surface area contributed by atoms with E-state index in [9.17, 15) is 22.4 Å². The molecule has 0 fully saturated rings. The second kappa shape index (κ2) is 10.2. The van der Waals surface area contributed by atoms with Crippen LogP contribution in [0, 0.1) is 6.92 Å². The van der Waals surface area contributed by atoms with Crippen molar-refractivity contribution >= 4 is 17.9 Å². The minimum absolute atomic E-state index is 0.0805. The van der Waals surface area contributed by atoms with Crippen LogP contribution in [0.3, 0.4) is 0 Å². The van der Waals surface area contributed by atoms with Crippen molar-refractivity contribution in [1.82, 2.24) is 0 Å². The van der Waals surface area contributed by atoms with Crippen LogP contribution in [0.1, 0.15) is 22.3 Å². The number of halogens is 4. The quantitative estimate of drug-likeness (QED) is 0.319. The van der Waals surface area contributed by atoms with Gasteiger partial charge in [0.2, 0.25) is 0 Å². The number of carboxylic acids is 1. The summed E-state index contributed by atoms with van der Waals surface area (Å²) in [5.41, 5.74) is 0.559. The summed E-state index contributed by atoms with van der Waals surface area (Å²) in [6.07, 6.45) is -1.22. The van der Waals surface area contributed by atoms with Gasteiger partial charge in [0.1, 0.15) is 5.83 Å². The number of aliphatic carboxylic acids is 1. The third kappa shape index (κ3) is 7.77. The molecule has 0 saturated heterocycles. The Kier molecular flexibility index (Phi) is 8.26. The molecule has 0 aliphatic rings. The minimum atomic E-state index is -4.47. The number of rotatable bonds is 4. The first kappa shape index (κ1) is 22.0. The molecule has 0 unspecified atom stereocenters. The summed E-state index contributed by atoms with van der Waals surface area (Å²) in [5.74, 6) is -1.69. The summed E-state index contributed by atoms with van der Waals surface area (Å²) in [6, 6.07) is 11.3. The number of methoxy groups -OCH3 is 1. The molecule has 2 aromatic carbocycles. The summed E-state index contributed by atoms with van der Waals surface area (Å²) in [5, 5.41) is 7.88. The van der Waals surface area contributed by atoms with Crippen molar-refractivity contribution in [1.29, 1.82) is 0 Å². The van der Waals surface area contributed by atoms with Gasteiger partial charge in [0.05, 0.1) is 25.0 Å². The molecule has 0 bridgehead atoms. The molecule has 0 heterocycles. The summed E-state index contributed by atoms with van der Waals surface area (Å²) < 4.78 is 56.1. The average Bonchev–Trinajstić information content (AvgIpc) is 2.62. The average molecular weight is 382 g/mol. The third-order valence-corrected chi connectivity index (χ3v) is 3.28. The number of hydrogen-bond acceptors (Lipinski definition) is 2. The molecule has 0 aromatic heterocycles. The first-order valence-corrected chi connectivity index (χ1v) is 7.68. The van der Waals surface area contributed by atoms with Gasteiger partial charge in [0.15, 0.2) is 0 Å². The molecule has 1 N–H and O–H groups in total. The van der Waals surface area contributed by atoms with Gasteiger partial charge in [-0.3, -0.25) is 0 Å². The highest BCUT2D eigenvalue weighted by Crippen LogP contribution is 2.31. The number of benzene rings is 2. The Morgan fingerprint density at radius 3 is 2.30 bits per heavy atom. The smallest absolute Gasteiger partial charge is 0.416 e. The number of carboxylic acid groups (broad SMARTS) is 1. The highest BCUT2D eigenvalue weighted by Gasteiger charge is 2.30. The monoisotopic (exact) mass is 382 g/mol. The lowest BCUT2D eigenvalue weighted by Crippen LogP contribution is -2.04. The molecular formula is C20H18F4O3. The molecule has 144 valence electrons. The van der Waals surface area contributed by atoms with Crippen LogP contribution in [0.15, 0.2) is 60.9 Å². The lowest BCUT2D eigenvalue weighted by atomic mass is 10.0. The maximum Gasteiger partial charge on any atom is 0.416 e. The largest absolute Gasteiger partial charge is 0.504 e. The zero-order chi connectivity index (χ0) is 20.4. The lowest BCUT2D eigenvalue weighted by molar-refractivity contribution is -0.137. The SMILES string of the molecule is COC=CC(=O)O.Cc1ccccc1C=C(F)c1cccc(C(F)(F)F)c1. The van der Waals surface area contributed by atoms with Crippen LogP contribution < -0.4 is 0 Å². The van der Waals surface area contributed by atoms with Crippen LogP contribution in [0.2, 0.25) is 0 Å². The zero-order valence-electron chi connectivity index (χ0n) is 14.6. The first-order chi connectivity index (χ1) is 12.6. The Hall–Kier alpha value is -3.09. The highest BCUT2D eigenvalue weighted by molar-refractivity contribution is 5.79. The van der Waals surface area contributed by atoms with Gasteiger partial charge in [0, 0.05) is 5.56 Å². The summed E-state index contributed by atoms with van der Waals surface area (Å²) in [4.78, 5) is 9.59. The molecule has 2 aromatic rings. The standard InChI is InChI=1S/C16H12F4.C4H6O3/c1-11-5-2-3-6-12(11)10-15(17)13-7-4-8-14(9-13)16(18,19)20;1-7-3-2-4(5)6/h2-10H,1H3;2-3H,1H3,(H,5,6). The third-order valence-electron chi connectivity index (χ3n) is 3.28. The van der Waals surface area contributed by atoms with Crippen molar-refractivity contribution in [2.45, 2.75) is 13.1 Å². The van der Waals surface area contributed by atoms with Gasteiger partial charge in [-0.25, -0.2) is 9.18 Å². The van der Waals surface area contributed by atoms with Crippen LogP contribution in [0.4, 0.5) is 17.6 Å². The maximum atomic E-state index is 14.1. The molecule has 27 heavy (non-hydrogen) atoms. The topological polar surface area (TPSA) is 46.5 Å². The van der Waals surface area contributed by atoms with Crippen molar-refractivity contribution in [3.63, 3.8) is 0 Å². The zero-order valence-corrected chi connectivity index (χ0v) is 14.6. The number of ether oxygens (including phenoxy) is 1. The van der Waals surface area contributed by atoms with Crippen molar-refractivity contribution < 1.29 is 32.2 Å². The molecule has 0 spiro atoms. The maximum absolute atomic E-state index is 14.1. The molecule has 0 radical (unpaired) electrons. The first-order valence-electron chi connectivity index (χ1n) is 7.68. The summed E-state index contributed by atoms with van der Waals surface area (Å²) in [7, 11) is 1.39. The Morgan fingerprint density at radius 2 is 1.78 bits per heavy atom. The van der Waals surface area contributed by atoms with Gasteiger partial charge in [-0.05, 0) is 36.3 Å². The fourth-order valence-electron chi connectivity index (χ4n) is 1.94. The van der Waals surface area contributed by atoms with E-state index in [0.29, 0.717) is 5.56 Å². The molecular weight excluding hydrogens is 364 g/mol. The number of aryl methyl sites for hydroxylation is 1. The fraction of sp³-hybridized carbons (Fsp3) is 0.150. The van der Waals surface area contributed by atoms with Crippen molar-refractivity contribution in [3.8, 4) is 0 Å². The van der Waals surface area contributed by atoms with E-state index in [-0.39, 0.29) is 5.56 Å². The molecule has 0 aliphatic heterocycles. The van der Waals surface area contributed by atoms with Crippen LogP contribution >= 0.6 is 0 Å². The number of carbonyl (C=O) groups is 1. The second-order valence-corrected chi connectivity index (χ2v) is 5.30. The van der Waals surface area contributed by atoms with Crippen molar-refractivity contribution in [3.05, 3.63) is 83.1 Å². The summed E-state index contributed by atoms with van der Waals surface area (Å²) in [6.45, 7) is 1.81. The van der Waals surface area contributed by atoms with E-state index in [2.05, 4.69) is 4.74 Å². The number of alkyl halides is 3. The molecule has 0 saturated carbocycles. The van der Waals surface area contributed by atoms with Crippen LogP contribution in [0.25, 0.3) is 11.9 Å². The molecule has 3 nitrogen and oxygen atoms in total. The van der Waals surface area contributed by atoms with Gasteiger partial charge < -0.3 is 9.84 Å².